The van der Waals surface area contributed by atoms with Gasteiger partial charge in [0.2, 0.25) is 0 Å². The molecule has 4 heterocycles. The summed E-state index contributed by atoms with van der Waals surface area (Å²) >= 11 is 3.57. The van der Waals surface area contributed by atoms with Gasteiger partial charge in [-0.2, -0.15) is 0 Å². The number of rotatable bonds is 15. The fourth-order valence-corrected chi connectivity index (χ4v) is 14.9. The van der Waals surface area contributed by atoms with Crippen molar-refractivity contribution in [2.24, 2.45) is 4.99 Å². The first kappa shape index (κ1) is 34.4. The first-order valence-corrected chi connectivity index (χ1v) is 20.4. The third kappa shape index (κ3) is 6.58. The molecule has 3 aliphatic rings. The molecule has 3 aliphatic heterocycles. The summed E-state index contributed by atoms with van der Waals surface area (Å²) in [6.45, 7) is 25.7. The van der Waals surface area contributed by atoms with E-state index in [0.29, 0.717) is 5.65 Å². The number of hydrogen-bond donors (Lipinski definition) is 0. The molecule has 6 nitrogen and oxygen atoms in total. The van der Waals surface area contributed by atoms with E-state index in [9.17, 15) is 0 Å². The van der Waals surface area contributed by atoms with Crippen LogP contribution in [0.1, 0.15) is 125 Å². The Labute approximate surface area is 265 Å². The third-order valence-electron chi connectivity index (χ3n) is 10.2. The van der Waals surface area contributed by atoms with E-state index in [1.165, 1.54) is 83.9 Å². The topological polar surface area (TPSA) is 62.2 Å². The molecule has 0 radical (unpaired) electrons. The van der Waals surface area contributed by atoms with Crippen molar-refractivity contribution in [2.45, 2.75) is 155 Å². The second-order valence-electron chi connectivity index (χ2n) is 14.4. The second-order valence-corrected chi connectivity index (χ2v) is 20.5. The molecule has 2 saturated heterocycles. The maximum Gasteiger partial charge on any atom is 0.525 e. The van der Waals surface area contributed by atoms with Gasteiger partial charge in [-0.15, -0.1) is 23.1 Å². The zero-order valence-electron chi connectivity index (χ0n) is 28.0. The van der Waals surface area contributed by atoms with Crippen LogP contribution in [0.25, 0.3) is 4.91 Å². The monoisotopic (exact) mass is 632 g/mol. The molecule has 0 aromatic carbocycles. The second kappa shape index (κ2) is 13.1. The first-order valence-electron chi connectivity index (χ1n) is 16.2. The van der Waals surface area contributed by atoms with Gasteiger partial charge in [-0.25, -0.2) is 0 Å². The number of aromatic nitrogens is 1. The SMILES string of the molecule is C=NC1=C(SCB2OC(C)(C)C(C)(C)O2)c2sc(B3OC(C)(C)C(C)(C)O3)nc2[Si]1(CCCCCC)CCCCCC. The summed E-state index contributed by atoms with van der Waals surface area (Å²) in [4.78, 5) is 13.8. The van der Waals surface area contributed by atoms with Gasteiger partial charge in [-0.1, -0.05) is 65.2 Å². The zero-order chi connectivity index (χ0) is 31.0. The molecule has 0 bridgehead atoms. The van der Waals surface area contributed by atoms with Crippen LogP contribution in [-0.2, 0) is 18.6 Å². The van der Waals surface area contributed by atoms with Crippen LogP contribution in [0.5, 0.6) is 0 Å². The van der Waals surface area contributed by atoms with Crippen molar-refractivity contribution >= 4 is 67.3 Å². The Morgan fingerprint density at radius 2 is 1.29 bits per heavy atom. The van der Waals surface area contributed by atoms with Gasteiger partial charge in [0.25, 0.3) is 0 Å². The maximum atomic E-state index is 6.50. The normalized spacial score (nSPS) is 23.2. The van der Waals surface area contributed by atoms with Crippen molar-refractivity contribution in [3.63, 3.8) is 0 Å². The molecule has 1 aromatic rings. The summed E-state index contributed by atoms with van der Waals surface area (Å²) in [6.07, 6.45) is 9.94. The average molecular weight is 633 g/mol. The van der Waals surface area contributed by atoms with Gasteiger partial charge in [0, 0.05) is 21.2 Å². The molecule has 0 amide bonds. The maximum absolute atomic E-state index is 6.50. The lowest BCUT2D eigenvalue weighted by Gasteiger charge is -2.32. The molecule has 1 aromatic heterocycles. The van der Waals surface area contributed by atoms with Gasteiger partial charge >= 0.3 is 14.2 Å². The lowest BCUT2D eigenvalue weighted by Crippen LogP contribution is -2.50. The van der Waals surface area contributed by atoms with E-state index in [-0.39, 0.29) is 18.3 Å². The highest BCUT2D eigenvalue weighted by molar-refractivity contribution is 8.09. The number of nitrogens with zero attached hydrogens (tertiary/aromatic N) is 2. The van der Waals surface area contributed by atoms with E-state index >= 15 is 0 Å². The van der Waals surface area contributed by atoms with Crippen molar-refractivity contribution in [3.8, 4) is 0 Å². The van der Waals surface area contributed by atoms with Crippen molar-refractivity contribution in [1.82, 2.24) is 4.98 Å². The highest BCUT2D eigenvalue weighted by atomic mass is 32.2. The van der Waals surface area contributed by atoms with Crippen molar-refractivity contribution in [2.75, 3.05) is 5.65 Å². The molecule has 0 atom stereocenters. The van der Waals surface area contributed by atoms with Gasteiger partial charge in [-0.3, -0.25) is 9.98 Å². The minimum Gasteiger partial charge on any atom is -0.403 e. The summed E-state index contributed by atoms with van der Waals surface area (Å²) in [5.41, 5.74) is -0.793. The smallest absolute Gasteiger partial charge is 0.403 e. The molecule has 4 rings (SSSR count). The number of hydrogen-bond acceptors (Lipinski definition) is 8. The molecule has 0 aliphatic carbocycles. The van der Waals surface area contributed by atoms with E-state index in [4.69, 9.17) is 28.6 Å². The third-order valence-corrected chi connectivity index (χ3v) is 17.9. The average Bonchev–Trinajstić information content (AvgIpc) is 3.55. The highest BCUT2D eigenvalue weighted by Gasteiger charge is 2.56. The van der Waals surface area contributed by atoms with E-state index in [1.54, 1.807) is 11.3 Å². The molecule has 42 heavy (non-hydrogen) atoms. The molecule has 234 valence electrons. The largest absolute Gasteiger partial charge is 0.525 e. The summed E-state index contributed by atoms with van der Waals surface area (Å²) in [7, 11) is -2.97. The minimum atomic E-state index is -2.24. The van der Waals surface area contributed by atoms with Gasteiger partial charge in [0.1, 0.15) is 4.91 Å². The van der Waals surface area contributed by atoms with Gasteiger partial charge in [-0.05, 0) is 74.2 Å². The predicted molar refractivity (Wildman–Crippen MR) is 186 cm³/mol. The number of unbranched alkanes of at least 4 members (excludes halogenated alkanes) is 6. The summed E-state index contributed by atoms with van der Waals surface area (Å²) in [5, 5.41) is 2.54. The van der Waals surface area contributed by atoms with Crippen LogP contribution in [0.4, 0.5) is 0 Å². The van der Waals surface area contributed by atoms with Gasteiger partial charge in [0.15, 0.2) is 8.07 Å². The molecule has 0 spiro atoms. The molecular formula is C31H54B2N2O4S2Si. The van der Waals surface area contributed by atoms with Crippen LogP contribution in [0.2, 0.25) is 12.1 Å². The van der Waals surface area contributed by atoms with Crippen molar-refractivity contribution < 1.29 is 18.6 Å². The lowest BCUT2D eigenvalue weighted by molar-refractivity contribution is 0.00578. The van der Waals surface area contributed by atoms with Crippen LogP contribution in [0.3, 0.4) is 0 Å². The van der Waals surface area contributed by atoms with Crippen LogP contribution >= 0.6 is 23.1 Å². The minimum absolute atomic E-state index is 0.275. The van der Waals surface area contributed by atoms with Crippen LogP contribution in [0, 0.1) is 0 Å². The fraction of sp³-hybridized carbons (Fsp3) is 0.806. The summed E-state index contributed by atoms with van der Waals surface area (Å²) < 4.78 is 25.8. The Hall–Kier alpha value is -0.423. The zero-order valence-corrected chi connectivity index (χ0v) is 30.6. The van der Waals surface area contributed by atoms with E-state index in [0.717, 1.165) is 4.91 Å². The number of aliphatic imine (C=N–C) groups is 1. The number of thioether (sulfide) groups is 1. The number of fused-ring (bicyclic) bond motifs is 1. The predicted octanol–water partition coefficient (Wildman–Crippen LogP) is 7.55. The molecule has 0 saturated carbocycles. The molecule has 11 heteroatoms. The number of thiazole rings is 1. The Morgan fingerprint density at radius 3 is 1.76 bits per heavy atom. The molecular weight excluding hydrogens is 578 g/mol. The highest BCUT2D eigenvalue weighted by Crippen LogP contribution is 2.48. The van der Waals surface area contributed by atoms with E-state index in [1.807, 2.05) is 11.8 Å². The fourth-order valence-electron chi connectivity index (χ4n) is 6.14. The Kier molecular flexibility index (Phi) is 10.8. The van der Waals surface area contributed by atoms with Crippen LogP contribution < -0.4 is 10.2 Å². The Balaban J connectivity index is 1.73. The molecule has 0 N–H and O–H groups in total. The first-order chi connectivity index (χ1) is 19.6. The van der Waals surface area contributed by atoms with E-state index < -0.39 is 26.4 Å². The van der Waals surface area contributed by atoms with Crippen molar-refractivity contribution in [3.05, 3.63) is 10.2 Å². The quantitative estimate of drug-likeness (QED) is 0.113. The molecule has 2 fully saturated rings. The molecule has 0 unspecified atom stereocenters. The summed E-state index contributed by atoms with van der Waals surface area (Å²) in [5.74, 6) is 0. The summed E-state index contributed by atoms with van der Waals surface area (Å²) in [6, 6.07) is 2.35. The van der Waals surface area contributed by atoms with Crippen LogP contribution in [0.15, 0.2) is 10.3 Å². The van der Waals surface area contributed by atoms with Crippen LogP contribution in [-0.4, -0.2) is 62.1 Å². The van der Waals surface area contributed by atoms with Gasteiger partial charge < -0.3 is 18.6 Å². The van der Waals surface area contributed by atoms with Gasteiger partial charge in [0.05, 0.1) is 27.3 Å². The Bertz CT molecular complexity index is 1110. The Morgan fingerprint density at radius 1 is 0.786 bits per heavy atom. The van der Waals surface area contributed by atoms with Crippen molar-refractivity contribution in [1.29, 1.82) is 0 Å². The van der Waals surface area contributed by atoms with E-state index in [2.05, 4.69) is 76.0 Å². The lowest BCUT2D eigenvalue weighted by atomic mass is 9.90. The standard InChI is InChI=1S/C31H54B2N2O4S2Si/c1-12-14-16-18-20-42(21-19-17-15-13-2)25(34-11)23(40-22-32-36-28(3,4)29(5,6)37-32)24-26(42)35-27(41-24)33-38-30(7,8)31(9,10)39-33/h11-22H2,1-10H3.